The van der Waals surface area contributed by atoms with Gasteiger partial charge >= 0.3 is 0 Å². The number of allylic oxidation sites excluding steroid dienone is 3. The van der Waals surface area contributed by atoms with Crippen LogP contribution in [0.5, 0.6) is 0 Å². The van der Waals surface area contributed by atoms with Gasteiger partial charge in [-0.3, -0.25) is 4.40 Å². The van der Waals surface area contributed by atoms with Crippen LogP contribution in [0.25, 0.3) is 16.7 Å². The Labute approximate surface area is 155 Å². The maximum atomic E-state index is 15.0. The standard InChI is InChI=1S/C20H19F2N5/c1-11-5-3-7-15-13(11)6-4-10-26(15)19-17-16(9-8-14(21)18(17)22)27-12(2)24-25-20(27)23-19/h7-9H,3-6,10H2,1-2H3. The van der Waals surface area contributed by atoms with Gasteiger partial charge in [0.1, 0.15) is 11.6 Å². The lowest BCUT2D eigenvalue weighted by molar-refractivity contribution is 0.516. The number of anilines is 1. The van der Waals surface area contributed by atoms with Gasteiger partial charge in [-0.25, -0.2) is 8.78 Å². The molecule has 0 amide bonds. The molecule has 3 aromatic rings. The summed E-state index contributed by atoms with van der Waals surface area (Å²) in [7, 11) is 0. The molecule has 5 rings (SSSR count). The van der Waals surface area contributed by atoms with E-state index in [9.17, 15) is 8.78 Å². The van der Waals surface area contributed by atoms with E-state index in [0.29, 0.717) is 29.5 Å². The molecule has 1 aliphatic carbocycles. The van der Waals surface area contributed by atoms with Crippen LogP contribution in [0.3, 0.4) is 0 Å². The van der Waals surface area contributed by atoms with Crippen molar-refractivity contribution in [3.8, 4) is 0 Å². The topological polar surface area (TPSA) is 46.3 Å². The molecule has 7 heteroatoms. The van der Waals surface area contributed by atoms with Crippen LogP contribution in [0.15, 0.2) is 35.1 Å². The lowest BCUT2D eigenvalue weighted by Gasteiger charge is -2.36. The predicted molar refractivity (Wildman–Crippen MR) is 99.5 cm³/mol. The molecule has 5 nitrogen and oxygen atoms in total. The molecule has 0 atom stereocenters. The van der Waals surface area contributed by atoms with Crippen LogP contribution in [0.2, 0.25) is 0 Å². The van der Waals surface area contributed by atoms with E-state index in [1.807, 2.05) is 4.90 Å². The molecule has 0 bridgehead atoms. The van der Waals surface area contributed by atoms with Crippen molar-refractivity contribution in [2.75, 3.05) is 11.4 Å². The Morgan fingerprint density at radius 3 is 2.78 bits per heavy atom. The lowest BCUT2D eigenvalue weighted by Crippen LogP contribution is -2.32. The van der Waals surface area contributed by atoms with Gasteiger partial charge in [0.15, 0.2) is 11.6 Å². The normalized spacial score (nSPS) is 17.6. The summed E-state index contributed by atoms with van der Waals surface area (Å²) in [5.74, 6) is -0.358. The quantitative estimate of drug-likeness (QED) is 0.637. The lowest BCUT2D eigenvalue weighted by atomic mass is 9.89. The molecule has 1 fully saturated rings. The minimum absolute atomic E-state index is 0.177. The van der Waals surface area contributed by atoms with E-state index in [2.05, 4.69) is 28.2 Å². The number of hydrogen-bond donors (Lipinski definition) is 0. The third-order valence-electron chi connectivity index (χ3n) is 5.59. The van der Waals surface area contributed by atoms with Crippen molar-refractivity contribution in [3.05, 3.63) is 52.5 Å². The molecular formula is C20H19F2N5. The van der Waals surface area contributed by atoms with Crippen molar-refractivity contribution < 1.29 is 8.78 Å². The van der Waals surface area contributed by atoms with Crippen molar-refractivity contribution in [1.82, 2.24) is 19.6 Å². The van der Waals surface area contributed by atoms with Crippen molar-refractivity contribution in [3.63, 3.8) is 0 Å². The fourth-order valence-corrected chi connectivity index (χ4v) is 4.28. The van der Waals surface area contributed by atoms with E-state index in [1.54, 1.807) is 17.4 Å². The minimum atomic E-state index is -0.880. The summed E-state index contributed by atoms with van der Waals surface area (Å²) in [6, 6.07) is 2.72. The highest BCUT2D eigenvalue weighted by Crippen LogP contribution is 2.40. The zero-order valence-corrected chi connectivity index (χ0v) is 15.3. The number of fused-ring (bicyclic) bond motifs is 4. The Kier molecular flexibility index (Phi) is 3.54. The van der Waals surface area contributed by atoms with Crippen LogP contribution in [-0.2, 0) is 0 Å². The molecule has 0 radical (unpaired) electrons. The van der Waals surface area contributed by atoms with Crippen LogP contribution in [0.4, 0.5) is 14.6 Å². The average Bonchev–Trinajstić information content (AvgIpc) is 3.05. The SMILES string of the molecule is CC1=C2CCCN(c3nc4nnc(C)n4c4ccc(F)c(F)c34)C2=CCC1. The zero-order chi connectivity index (χ0) is 18.7. The van der Waals surface area contributed by atoms with E-state index in [0.717, 1.165) is 37.4 Å². The van der Waals surface area contributed by atoms with Crippen LogP contribution in [-0.4, -0.2) is 26.1 Å². The number of aryl methyl sites for hydroxylation is 1. The van der Waals surface area contributed by atoms with Gasteiger partial charge in [0.05, 0.1) is 10.9 Å². The number of nitrogens with zero attached hydrogens (tertiary/aromatic N) is 5. The second-order valence-electron chi connectivity index (χ2n) is 7.22. The summed E-state index contributed by atoms with van der Waals surface area (Å²) in [5, 5.41) is 8.37. The van der Waals surface area contributed by atoms with Gasteiger partial charge in [-0.2, -0.15) is 4.98 Å². The monoisotopic (exact) mass is 367 g/mol. The Hall–Kier alpha value is -2.83. The maximum absolute atomic E-state index is 15.0. The van der Waals surface area contributed by atoms with E-state index >= 15 is 0 Å². The molecule has 27 heavy (non-hydrogen) atoms. The summed E-state index contributed by atoms with van der Waals surface area (Å²) < 4.78 is 30.8. The summed E-state index contributed by atoms with van der Waals surface area (Å²) in [6.07, 6.45) is 6.14. The highest BCUT2D eigenvalue weighted by atomic mass is 19.2. The summed E-state index contributed by atoms with van der Waals surface area (Å²) >= 11 is 0. The van der Waals surface area contributed by atoms with Gasteiger partial charge in [-0.05, 0) is 57.2 Å². The van der Waals surface area contributed by atoms with Gasteiger partial charge in [-0.15, -0.1) is 10.2 Å². The highest BCUT2D eigenvalue weighted by molar-refractivity contribution is 5.93. The molecule has 0 spiro atoms. The highest BCUT2D eigenvalue weighted by Gasteiger charge is 2.29. The van der Waals surface area contributed by atoms with Gasteiger partial charge in [0.25, 0.3) is 5.78 Å². The molecular weight excluding hydrogens is 348 g/mol. The van der Waals surface area contributed by atoms with E-state index in [1.165, 1.54) is 11.1 Å². The van der Waals surface area contributed by atoms with Crippen molar-refractivity contribution in [2.45, 2.75) is 39.5 Å². The molecule has 1 aliphatic heterocycles. The number of hydrogen-bond acceptors (Lipinski definition) is 4. The van der Waals surface area contributed by atoms with Crippen molar-refractivity contribution >= 4 is 22.5 Å². The first kappa shape index (κ1) is 16.4. The van der Waals surface area contributed by atoms with E-state index < -0.39 is 11.6 Å². The van der Waals surface area contributed by atoms with Gasteiger partial charge in [0, 0.05) is 12.2 Å². The number of rotatable bonds is 1. The first-order chi connectivity index (χ1) is 13.1. The minimum Gasteiger partial charge on any atom is -0.326 e. The molecule has 1 saturated heterocycles. The fraction of sp³-hybridized carbons (Fsp3) is 0.350. The fourth-order valence-electron chi connectivity index (χ4n) is 4.28. The summed E-state index contributed by atoms with van der Waals surface area (Å²) in [4.78, 5) is 6.64. The Bertz CT molecular complexity index is 1160. The Balaban J connectivity index is 1.84. The first-order valence-corrected chi connectivity index (χ1v) is 9.22. The second-order valence-corrected chi connectivity index (χ2v) is 7.22. The van der Waals surface area contributed by atoms with Crippen molar-refractivity contribution in [1.29, 1.82) is 0 Å². The second kappa shape index (κ2) is 5.84. The van der Waals surface area contributed by atoms with Gasteiger partial charge in [0.2, 0.25) is 0 Å². The molecule has 2 aromatic heterocycles. The summed E-state index contributed by atoms with van der Waals surface area (Å²) in [6.45, 7) is 4.64. The first-order valence-electron chi connectivity index (χ1n) is 9.22. The molecule has 2 aliphatic rings. The number of halogens is 2. The third-order valence-corrected chi connectivity index (χ3v) is 5.59. The third kappa shape index (κ3) is 2.30. The molecule has 0 saturated carbocycles. The zero-order valence-electron chi connectivity index (χ0n) is 15.3. The molecule has 3 heterocycles. The molecule has 0 N–H and O–H groups in total. The average molecular weight is 367 g/mol. The predicted octanol–water partition coefficient (Wildman–Crippen LogP) is 4.46. The molecule has 0 unspecified atom stereocenters. The molecule has 138 valence electrons. The van der Waals surface area contributed by atoms with Gasteiger partial charge < -0.3 is 4.90 Å². The van der Waals surface area contributed by atoms with Crippen LogP contribution in [0.1, 0.15) is 38.4 Å². The Morgan fingerprint density at radius 1 is 1.07 bits per heavy atom. The number of aromatic nitrogens is 4. The smallest absolute Gasteiger partial charge is 0.257 e. The van der Waals surface area contributed by atoms with Crippen LogP contribution in [0, 0.1) is 18.6 Å². The molecule has 1 aromatic carbocycles. The van der Waals surface area contributed by atoms with Gasteiger partial charge in [-0.1, -0.05) is 11.6 Å². The largest absolute Gasteiger partial charge is 0.326 e. The summed E-state index contributed by atoms with van der Waals surface area (Å²) in [5.41, 5.74) is 4.27. The van der Waals surface area contributed by atoms with Crippen LogP contribution < -0.4 is 4.90 Å². The number of piperidine rings is 1. The van der Waals surface area contributed by atoms with Crippen LogP contribution >= 0.6 is 0 Å². The van der Waals surface area contributed by atoms with E-state index in [4.69, 9.17) is 0 Å². The van der Waals surface area contributed by atoms with Crippen molar-refractivity contribution in [2.24, 2.45) is 0 Å². The Morgan fingerprint density at radius 2 is 1.93 bits per heavy atom. The van der Waals surface area contributed by atoms with E-state index in [-0.39, 0.29) is 5.39 Å². The number of benzene rings is 1. The maximum Gasteiger partial charge on any atom is 0.257 e.